The summed E-state index contributed by atoms with van der Waals surface area (Å²) in [4.78, 5) is 32.7. The molecule has 0 saturated heterocycles. The quantitative estimate of drug-likeness (QED) is 0.411. The maximum absolute atomic E-state index is 11.1. The van der Waals surface area contributed by atoms with Gasteiger partial charge in [0.25, 0.3) is 5.78 Å². The van der Waals surface area contributed by atoms with Gasteiger partial charge in [0.1, 0.15) is 0 Å². The van der Waals surface area contributed by atoms with Crippen molar-refractivity contribution < 1.29 is 24.2 Å². The Morgan fingerprint density at radius 1 is 1.47 bits per heavy atom. The van der Waals surface area contributed by atoms with E-state index in [1.165, 1.54) is 11.7 Å². The van der Waals surface area contributed by atoms with Crippen molar-refractivity contribution in [2.75, 3.05) is 7.11 Å². The number of carboxylic acids is 1. The molecule has 0 aliphatic rings. The number of hydrogen-bond donors (Lipinski definition) is 1. The predicted octanol–water partition coefficient (Wildman–Crippen LogP) is -0.526. The molecule has 0 aliphatic heterocycles. The van der Waals surface area contributed by atoms with Gasteiger partial charge in [0.15, 0.2) is 5.69 Å². The van der Waals surface area contributed by atoms with Crippen LogP contribution in [0.3, 0.4) is 0 Å². The summed E-state index contributed by atoms with van der Waals surface area (Å²) < 4.78 is 5.53. The van der Waals surface area contributed by atoms with Crippen LogP contribution in [0.1, 0.15) is 20.8 Å². The van der Waals surface area contributed by atoms with Crippen LogP contribution in [0, 0.1) is 0 Å². The van der Waals surface area contributed by atoms with E-state index in [9.17, 15) is 14.4 Å². The van der Waals surface area contributed by atoms with Gasteiger partial charge in [-0.1, -0.05) is 0 Å². The first kappa shape index (κ1) is 10.9. The molecule has 1 aromatic rings. The second-order valence-corrected chi connectivity index (χ2v) is 2.69. The van der Waals surface area contributed by atoms with E-state index in [0.717, 1.165) is 13.3 Å². The zero-order chi connectivity index (χ0) is 11.6. The molecule has 1 aromatic heterocycles. The molecule has 7 nitrogen and oxygen atoms in total. The molecule has 0 spiro atoms. The topological polar surface area (TPSA) is 98.5 Å². The fourth-order valence-corrected chi connectivity index (χ4v) is 1.02. The largest absolute Gasteiger partial charge is 0.475 e. The molecule has 1 N–H and O–H groups in total. The number of Topliss-reactive ketones (excluding diaryl/α,β-unsaturated/α-hetero) is 1. The summed E-state index contributed by atoms with van der Waals surface area (Å²) in [7, 11) is 2.58. The highest BCUT2D eigenvalue weighted by Crippen LogP contribution is 2.08. The van der Waals surface area contributed by atoms with Crippen molar-refractivity contribution in [1.29, 1.82) is 0 Å². The van der Waals surface area contributed by atoms with E-state index in [0.29, 0.717) is 0 Å². The molecule has 0 aromatic carbocycles. The number of hydrogen-bond acceptors (Lipinski definition) is 5. The van der Waals surface area contributed by atoms with Gasteiger partial charge in [-0.3, -0.25) is 9.48 Å². The number of ketones is 1. The number of aromatic nitrogens is 2. The lowest BCUT2D eigenvalue weighted by molar-refractivity contribution is -0.131. The molecule has 0 saturated carbocycles. The van der Waals surface area contributed by atoms with Gasteiger partial charge in [0.2, 0.25) is 0 Å². The van der Waals surface area contributed by atoms with Gasteiger partial charge in [-0.15, -0.1) is 0 Å². The number of esters is 1. The maximum atomic E-state index is 11.1. The number of carboxylic acid groups (broad SMARTS) is 1. The number of aryl methyl sites for hydroxylation is 1. The molecule has 0 unspecified atom stereocenters. The van der Waals surface area contributed by atoms with Gasteiger partial charge in [-0.2, -0.15) is 5.10 Å². The van der Waals surface area contributed by atoms with Crippen LogP contribution in [0.4, 0.5) is 0 Å². The summed E-state index contributed by atoms with van der Waals surface area (Å²) >= 11 is 0. The van der Waals surface area contributed by atoms with Crippen molar-refractivity contribution in [3.63, 3.8) is 0 Å². The third-order valence-corrected chi connectivity index (χ3v) is 1.65. The summed E-state index contributed by atoms with van der Waals surface area (Å²) in [5.41, 5.74) is -0.579. The molecular weight excluding hydrogens is 204 g/mol. The van der Waals surface area contributed by atoms with Crippen molar-refractivity contribution in [2.45, 2.75) is 0 Å². The van der Waals surface area contributed by atoms with E-state index in [4.69, 9.17) is 5.11 Å². The van der Waals surface area contributed by atoms with Gasteiger partial charge >= 0.3 is 11.9 Å². The summed E-state index contributed by atoms with van der Waals surface area (Å²) in [6.07, 6.45) is 1.16. The van der Waals surface area contributed by atoms with Gasteiger partial charge in [-0.25, -0.2) is 9.59 Å². The minimum atomic E-state index is -1.65. The molecule has 0 aliphatic carbocycles. The number of nitrogens with zero attached hydrogens (tertiary/aromatic N) is 2. The summed E-state index contributed by atoms with van der Waals surface area (Å²) in [6.45, 7) is 0. The van der Waals surface area contributed by atoms with Crippen LogP contribution in [0.25, 0.3) is 0 Å². The number of ether oxygens (including phenoxy) is 1. The lowest BCUT2D eigenvalue weighted by Gasteiger charge is -1.95. The smallest absolute Gasteiger partial charge is 0.377 e. The molecule has 15 heavy (non-hydrogen) atoms. The van der Waals surface area contributed by atoms with Crippen molar-refractivity contribution >= 4 is 17.7 Å². The normalized spacial score (nSPS) is 9.73. The minimum Gasteiger partial charge on any atom is -0.475 e. The Bertz CT molecular complexity index is 434. The van der Waals surface area contributed by atoms with Crippen LogP contribution < -0.4 is 0 Å². The molecule has 0 radical (unpaired) electrons. The highest BCUT2D eigenvalue weighted by atomic mass is 16.5. The Hall–Kier alpha value is -2.18. The minimum absolute atomic E-state index is 0.281. The lowest BCUT2D eigenvalue weighted by atomic mass is 10.1. The van der Waals surface area contributed by atoms with Crippen LogP contribution in [-0.2, 0) is 16.6 Å². The molecule has 1 heterocycles. The Morgan fingerprint density at radius 2 is 2.07 bits per heavy atom. The third-order valence-electron chi connectivity index (χ3n) is 1.65. The Kier molecular flexibility index (Phi) is 2.84. The van der Waals surface area contributed by atoms with Gasteiger partial charge in [0.05, 0.1) is 12.7 Å². The van der Waals surface area contributed by atoms with Crippen molar-refractivity contribution in [3.05, 3.63) is 17.5 Å². The average molecular weight is 212 g/mol. The average Bonchev–Trinajstić information content (AvgIpc) is 2.57. The molecule has 0 atom stereocenters. The number of carbonyl (C=O) groups excluding carboxylic acids is 2. The van der Waals surface area contributed by atoms with Gasteiger partial charge < -0.3 is 9.84 Å². The third kappa shape index (κ3) is 2.01. The monoisotopic (exact) mass is 212 g/mol. The molecule has 0 amide bonds. The first-order chi connectivity index (χ1) is 6.97. The van der Waals surface area contributed by atoms with Crippen LogP contribution in [0.5, 0.6) is 0 Å². The second kappa shape index (κ2) is 3.91. The Labute approximate surface area is 84.3 Å². The number of carbonyl (C=O) groups is 3. The van der Waals surface area contributed by atoms with Gasteiger partial charge in [-0.05, 0) is 0 Å². The van der Waals surface area contributed by atoms with Crippen LogP contribution >= 0.6 is 0 Å². The van der Waals surface area contributed by atoms with E-state index in [1.807, 2.05) is 0 Å². The first-order valence-corrected chi connectivity index (χ1v) is 3.87. The van der Waals surface area contributed by atoms with E-state index >= 15 is 0 Å². The predicted molar refractivity (Wildman–Crippen MR) is 46.5 cm³/mol. The number of rotatable bonds is 3. The maximum Gasteiger partial charge on any atom is 0.377 e. The van der Waals surface area contributed by atoms with Gasteiger partial charge in [0, 0.05) is 13.2 Å². The number of methoxy groups -OCH3 is 1. The van der Waals surface area contributed by atoms with Crippen LogP contribution in [0.15, 0.2) is 6.20 Å². The molecule has 1 rings (SSSR count). The van der Waals surface area contributed by atoms with E-state index < -0.39 is 17.7 Å². The fourth-order valence-electron chi connectivity index (χ4n) is 1.02. The van der Waals surface area contributed by atoms with Crippen LogP contribution in [-0.4, -0.2) is 39.7 Å². The van der Waals surface area contributed by atoms with E-state index in [1.54, 1.807) is 0 Å². The molecule has 0 bridgehead atoms. The first-order valence-electron chi connectivity index (χ1n) is 3.87. The lowest BCUT2D eigenvalue weighted by Crippen LogP contribution is -2.16. The second-order valence-electron chi connectivity index (χ2n) is 2.69. The highest BCUT2D eigenvalue weighted by Gasteiger charge is 2.26. The highest BCUT2D eigenvalue weighted by molar-refractivity contribution is 6.41. The van der Waals surface area contributed by atoms with Crippen molar-refractivity contribution in [2.24, 2.45) is 7.05 Å². The van der Waals surface area contributed by atoms with Crippen molar-refractivity contribution in [3.8, 4) is 0 Å². The molecule has 80 valence electrons. The van der Waals surface area contributed by atoms with E-state index in [-0.39, 0.29) is 11.3 Å². The summed E-state index contributed by atoms with van der Waals surface area (Å²) in [5.74, 6) is -3.68. The van der Waals surface area contributed by atoms with Crippen LogP contribution in [0.2, 0.25) is 0 Å². The zero-order valence-corrected chi connectivity index (χ0v) is 8.05. The molecule has 7 heteroatoms. The summed E-state index contributed by atoms with van der Waals surface area (Å²) in [6, 6.07) is 0. The molecule has 0 fully saturated rings. The van der Waals surface area contributed by atoms with E-state index in [2.05, 4.69) is 9.84 Å². The molecular formula is C8H8N2O5. The Morgan fingerprint density at radius 3 is 2.53 bits per heavy atom. The summed E-state index contributed by atoms with van der Waals surface area (Å²) in [5, 5.41) is 12.1. The number of aliphatic carboxylic acids is 1. The Balaban J connectivity index is 3.23. The standard InChI is InChI=1S/C8H8N2O5/c1-10-3-4(6(11)7(12)13)5(9-10)8(14)15-2/h3H,1-2H3,(H,12,13). The van der Waals surface area contributed by atoms with Crippen molar-refractivity contribution in [1.82, 2.24) is 9.78 Å². The fraction of sp³-hybridized carbons (Fsp3) is 0.250. The zero-order valence-electron chi connectivity index (χ0n) is 8.05. The SMILES string of the molecule is COC(=O)c1nn(C)cc1C(=O)C(=O)O.